The lowest BCUT2D eigenvalue weighted by Gasteiger charge is -2.16. The molecule has 0 bridgehead atoms. The van der Waals surface area contributed by atoms with Gasteiger partial charge in [0.2, 0.25) is 0 Å². The van der Waals surface area contributed by atoms with Gasteiger partial charge in [0, 0.05) is 20.2 Å². The van der Waals surface area contributed by atoms with Crippen molar-refractivity contribution in [2.24, 2.45) is 0 Å². The fourth-order valence-corrected chi connectivity index (χ4v) is 8.66. The zero-order chi connectivity index (χ0) is 28.7. The van der Waals surface area contributed by atoms with Crippen LogP contribution < -0.4 is 0 Å². The summed E-state index contributed by atoms with van der Waals surface area (Å²) >= 11 is 1.91. The molecule has 1 heteroatoms. The number of hydrogen-bond acceptors (Lipinski definition) is 1. The molecule has 9 rings (SSSR count). The first-order valence-corrected chi connectivity index (χ1v) is 15.8. The van der Waals surface area contributed by atoms with Gasteiger partial charge >= 0.3 is 0 Å². The van der Waals surface area contributed by atoms with Crippen molar-refractivity contribution in [3.8, 4) is 22.3 Å². The van der Waals surface area contributed by atoms with Gasteiger partial charge in [-0.25, -0.2) is 0 Å². The van der Waals surface area contributed by atoms with E-state index in [1.165, 1.54) is 96.6 Å². The average Bonchev–Trinajstić information content (AvgIpc) is 3.44. The minimum absolute atomic E-state index is 1.28. The number of aryl methyl sites for hydroxylation is 2. The summed E-state index contributed by atoms with van der Waals surface area (Å²) in [5.74, 6) is 0. The maximum absolute atomic E-state index is 2.43. The van der Waals surface area contributed by atoms with Crippen molar-refractivity contribution in [2.45, 2.75) is 13.8 Å². The third kappa shape index (κ3) is 3.49. The number of benzene rings is 8. The summed E-state index contributed by atoms with van der Waals surface area (Å²) in [6.45, 7) is 4.51. The Labute approximate surface area is 254 Å². The van der Waals surface area contributed by atoms with Crippen LogP contribution in [0.5, 0.6) is 0 Å². The molecule has 0 unspecified atom stereocenters. The van der Waals surface area contributed by atoms with Gasteiger partial charge in [-0.3, -0.25) is 0 Å². The molecule has 0 fully saturated rings. The lowest BCUT2D eigenvalue weighted by Crippen LogP contribution is -1.90. The van der Waals surface area contributed by atoms with Crippen molar-refractivity contribution < 1.29 is 0 Å². The molecule has 0 spiro atoms. The van der Waals surface area contributed by atoms with Crippen molar-refractivity contribution >= 4 is 74.6 Å². The lowest BCUT2D eigenvalue weighted by atomic mass is 9.87. The molecule has 0 aliphatic heterocycles. The van der Waals surface area contributed by atoms with Crippen LogP contribution in [0, 0.1) is 13.8 Å². The SMILES string of the molecule is Cc1c2ccccc2c(-c2ccc3c(c2)sc2cccc(-c4c5ccccc5c(C)c5ccccc45)c23)c2ccccc12. The maximum atomic E-state index is 2.43. The van der Waals surface area contributed by atoms with E-state index in [1.54, 1.807) is 0 Å². The van der Waals surface area contributed by atoms with E-state index in [0.29, 0.717) is 0 Å². The predicted octanol–water partition coefficient (Wildman–Crippen LogP) is 12.6. The zero-order valence-electron chi connectivity index (χ0n) is 24.1. The van der Waals surface area contributed by atoms with Crippen LogP contribution in [0.3, 0.4) is 0 Å². The third-order valence-corrected chi connectivity index (χ3v) is 10.6. The van der Waals surface area contributed by atoms with Gasteiger partial charge in [-0.1, -0.05) is 121 Å². The Kier molecular flexibility index (Phi) is 5.30. The molecule has 202 valence electrons. The van der Waals surface area contributed by atoms with Gasteiger partial charge in [-0.2, -0.15) is 0 Å². The molecule has 1 aromatic heterocycles. The van der Waals surface area contributed by atoms with Crippen LogP contribution in [0.25, 0.3) is 85.5 Å². The first kappa shape index (κ1) is 24.6. The summed E-state index contributed by atoms with van der Waals surface area (Å²) in [7, 11) is 0. The van der Waals surface area contributed by atoms with Crippen LogP contribution in [0.2, 0.25) is 0 Å². The molecule has 43 heavy (non-hydrogen) atoms. The fraction of sp³-hybridized carbons (Fsp3) is 0.0476. The largest absolute Gasteiger partial charge is 0.135 e. The molecule has 8 aromatic carbocycles. The predicted molar refractivity (Wildman–Crippen MR) is 190 cm³/mol. The Morgan fingerprint density at radius 2 is 0.837 bits per heavy atom. The number of hydrogen-bond donors (Lipinski definition) is 0. The molecule has 0 nitrogen and oxygen atoms in total. The molecule has 0 amide bonds. The van der Waals surface area contributed by atoms with Crippen LogP contribution >= 0.6 is 11.3 Å². The number of fused-ring (bicyclic) bond motifs is 7. The summed E-state index contributed by atoms with van der Waals surface area (Å²) in [6.07, 6.45) is 0. The second kappa shape index (κ2) is 9.26. The summed E-state index contributed by atoms with van der Waals surface area (Å²) in [4.78, 5) is 0. The highest BCUT2D eigenvalue weighted by molar-refractivity contribution is 7.26. The molecule has 9 aromatic rings. The van der Waals surface area contributed by atoms with Crippen LogP contribution in [-0.4, -0.2) is 0 Å². The van der Waals surface area contributed by atoms with Gasteiger partial charge < -0.3 is 0 Å². The number of rotatable bonds is 2. The van der Waals surface area contributed by atoms with Crippen molar-refractivity contribution in [3.05, 3.63) is 145 Å². The molecule has 1 heterocycles. The zero-order valence-corrected chi connectivity index (χ0v) is 24.9. The minimum atomic E-state index is 1.28. The number of thiophene rings is 1. The van der Waals surface area contributed by atoms with Gasteiger partial charge in [-0.05, 0) is 102 Å². The quantitative estimate of drug-likeness (QED) is 0.183. The van der Waals surface area contributed by atoms with Crippen molar-refractivity contribution in [3.63, 3.8) is 0 Å². The summed E-state index contributed by atoms with van der Waals surface area (Å²) in [6, 6.07) is 49.5. The van der Waals surface area contributed by atoms with E-state index in [1.807, 2.05) is 11.3 Å². The van der Waals surface area contributed by atoms with E-state index in [9.17, 15) is 0 Å². The fourth-order valence-electron chi connectivity index (χ4n) is 7.48. The molecule has 0 saturated heterocycles. The molecule has 0 radical (unpaired) electrons. The van der Waals surface area contributed by atoms with Crippen molar-refractivity contribution in [1.82, 2.24) is 0 Å². The average molecular weight is 565 g/mol. The third-order valence-electron chi connectivity index (χ3n) is 9.46. The second-order valence-corrected chi connectivity index (χ2v) is 12.8. The standard InChI is InChI=1S/C42H28S/c1-25-28-12-3-7-16-32(28)40(33-17-8-4-13-29(25)33)27-22-23-36-39(24-27)43-38-21-11-20-37(42(36)38)41-34-18-9-5-14-30(34)26(2)31-15-6-10-19-35(31)41/h3-24H,1-2H3. The Morgan fingerprint density at radius 3 is 1.35 bits per heavy atom. The lowest BCUT2D eigenvalue weighted by molar-refractivity contribution is 1.58. The molecular formula is C42H28S. The first-order chi connectivity index (χ1) is 21.2. The van der Waals surface area contributed by atoms with E-state index >= 15 is 0 Å². The van der Waals surface area contributed by atoms with Crippen LogP contribution in [0.4, 0.5) is 0 Å². The molecule has 0 N–H and O–H groups in total. The van der Waals surface area contributed by atoms with E-state index in [4.69, 9.17) is 0 Å². The van der Waals surface area contributed by atoms with E-state index in [-0.39, 0.29) is 0 Å². The highest BCUT2D eigenvalue weighted by Crippen LogP contribution is 2.47. The molecule has 0 saturated carbocycles. The smallest absolute Gasteiger partial charge is 0.0361 e. The van der Waals surface area contributed by atoms with Gasteiger partial charge in [0.1, 0.15) is 0 Å². The highest BCUT2D eigenvalue weighted by Gasteiger charge is 2.19. The van der Waals surface area contributed by atoms with E-state index < -0.39 is 0 Å². The summed E-state index contributed by atoms with van der Waals surface area (Å²) in [5.41, 5.74) is 7.95. The monoisotopic (exact) mass is 564 g/mol. The second-order valence-electron chi connectivity index (χ2n) is 11.7. The highest BCUT2D eigenvalue weighted by atomic mass is 32.1. The normalized spacial score (nSPS) is 12.0. The van der Waals surface area contributed by atoms with Gasteiger partial charge in [0.15, 0.2) is 0 Å². The van der Waals surface area contributed by atoms with Crippen LogP contribution in [0.15, 0.2) is 133 Å². The van der Waals surface area contributed by atoms with Crippen molar-refractivity contribution in [1.29, 1.82) is 0 Å². The first-order valence-electron chi connectivity index (χ1n) is 14.9. The van der Waals surface area contributed by atoms with Gasteiger partial charge in [-0.15, -0.1) is 11.3 Å². The van der Waals surface area contributed by atoms with Crippen LogP contribution in [0.1, 0.15) is 11.1 Å². The van der Waals surface area contributed by atoms with Crippen molar-refractivity contribution in [2.75, 3.05) is 0 Å². The van der Waals surface area contributed by atoms with Gasteiger partial charge in [0.05, 0.1) is 0 Å². The minimum Gasteiger partial charge on any atom is -0.135 e. The molecular weight excluding hydrogens is 537 g/mol. The Morgan fingerprint density at radius 1 is 0.372 bits per heavy atom. The Hall–Kier alpha value is -4.98. The summed E-state index contributed by atoms with van der Waals surface area (Å²) < 4.78 is 2.66. The topological polar surface area (TPSA) is 0 Å². The molecule has 0 aliphatic carbocycles. The molecule has 0 atom stereocenters. The van der Waals surface area contributed by atoms with E-state index in [2.05, 4.69) is 147 Å². The maximum Gasteiger partial charge on any atom is 0.0361 e. The Balaban J connectivity index is 1.36. The Bertz CT molecular complexity index is 2470. The van der Waals surface area contributed by atoms with E-state index in [0.717, 1.165) is 0 Å². The van der Waals surface area contributed by atoms with Crippen LogP contribution in [-0.2, 0) is 0 Å². The summed E-state index contributed by atoms with van der Waals surface area (Å²) in [5, 5.41) is 13.3. The van der Waals surface area contributed by atoms with Gasteiger partial charge in [0.25, 0.3) is 0 Å². The molecule has 0 aliphatic rings.